The number of pyridine rings is 1. The molecule has 0 bridgehead atoms. The van der Waals surface area contributed by atoms with Crippen LogP contribution in [0.25, 0.3) is 0 Å². The highest BCUT2D eigenvalue weighted by Crippen LogP contribution is 2.36. The molecule has 0 aliphatic carbocycles. The number of nitrogens with zero attached hydrogens (tertiary/aromatic N) is 4. The molecule has 0 fully saturated rings. The molecule has 2 heterocycles. The standard InChI is InChI=1S/C16H22ClN3O.C14H8Cl3F3N2O/c1-15(2,3)16(21,10-20-12-18-11-19-20)9-8-13-4-6-14(17)7-5-13;15-8-2-1-3-9(16)12(8)13(23)22-6-11-10(17)4-7(5-21-11)14(18,19)20/h4-7,11-12,21H,8-10H2,1-3H3;1-5H,6H2,(H,22,23). The molecule has 1 unspecified atom stereocenters. The van der Waals surface area contributed by atoms with Crippen molar-refractivity contribution in [3.63, 3.8) is 0 Å². The average molecular weight is 691 g/mol. The number of benzene rings is 2. The molecule has 7 nitrogen and oxygen atoms in total. The first kappa shape index (κ1) is 35.6. The Morgan fingerprint density at radius 1 is 0.977 bits per heavy atom. The highest BCUT2D eigenvalue weighted by Gasteiger charge is 2.40. The number of aryl methyl sites for hydroxylation is 1. The molecular formula is C30H30Cl4F3N5O2. The number of rotatable bonds is 8. The van der Waals surface area contributed by atoms with Gasteiger partial charge in [-0.05, 0) is 54.2 Å². The number of hydrogen-bond acceptors (Lipinski definition) is 5. The molecule has 4 aromatic rings. The molecule has 2 N–H and O–H groups in total. The quantitative estimate of drug-likeness (QED) is 0.194. The van der Waals surface area contributed by atoms with Gasteiger partial charge in [0.25, 0.3) is 5.91 Å². The molecule has 0 saturated heterocycles. The summed E-state index contributed by atoms with van der Waals surface area (Å²) in [6.45, 7) is 6.41. The van der Waals surface area contributed by atoms with E-state index in [2.05, 4.69) is 20.4 Å². The minimum Gasteiger partial charge on any atom is -0.387 e. The molecular weight excluding hydrogens is 661 g/mol. The second-order valence-electron chi connectivity index (χ2n) is 10.9. The molecule has 14 heteroatoms. The zero-order valence-corrected chi connectivity index (χ0v) is 27.0. The predicted octanol–water partition coefficient (Wildman–Crippen LogP) is 8.33. The van der Waals surface area contributed by atoms with Crippen molar-refractivity contribution >= 4 is 52.3 Å². The molecule has 1 amide bonds. The van der Waals surface area contributed by atoms with Gasteiger partial charge in [0, 0.05) is 11.2 Å². The number of nitrogens with one attached hydrogen (secondary N) is 1. The van der Waals surface area contributed by atoms with Crippen molar-refractivity contribution in [1.82, 2.24) is 25.1 Å². The summed E-state index contributed by atoms with van der Waals surface area (Å²) in [6, 6.07) is 13.1. The molecule has 1 atom stereocenters. The van der Waals surface area contributed by atoms with Crippen LogP contribution < -0.4 is 5.32 Å². The highest BCUT2D eigenvalue weighted by atomic mass is 35.5. The zero-order valence-electron chi connectivity index (χ0n) is 24.0. The third kappa shape index (κ3) is 9.81. The average Bonchev–Trinajstić information content (AvgIpc) is 3.44. The molecule has 4 rings (SSSR count). The predicted molar refractivity (Wildman–Crippen MR) is 166 cm³/mol. The van der Waals surface area contributed by atoms with Crippen molar-refractivity contribution in [3.05, 3.63) is 110 Å². The molecule has 0 aliphatic rings. The van der Waals surface area contributed by atoms with Gasteiger partial charge in [0.15, 0.2) is 0 Å². The van der Waals surface area contributed by atoms with Crippen LogP contribution in [-0.4, -0.2) is 36.4 Å². The summed E-state index contributed by atoms with van der Waals surface area (Å²) < 4.78 is 39.3. The van der Waals surface area contributed by atoms with Crippen molar-refractivity contribution in [3.8, 4) is 0 Å². The Bertz CT molecular complexity index is 1530. The van der Waals surface area contributed by atoms with Gasteiger partial charge in [-0.25, -0.2) is 4.98 Å². The Kier molecular flexibility index (Phi) is 12.1. The molecule has 0 saturated carbocycles. The number of alkyl halides is 3. The number of carbonyl (C=O) groups excluding carboxylic acids is 1. The number of halogens is 7. The van der Waals surface area contributed by atoms with Crippen LogP contribution in [0.4, 0.5) is 13.2 Å². The maximum atomic E-state index is 12.5. The van der Waals surface area contributed by atoms with Gasteiger partial charge >= 0.3 is 6.18 Å². The SMILES string of the molecule is CC(C)(C)C(O)(CCc1ccc(Cl)cc1)Cn1cncn1.O=C(NCc1ncc(C(F)(F)F)cc1Cl)c1c(Cl)cccc1Cl. The van der Waals surface area contributed by atoms with E-state index in [1.165, 1.54) is 24.0 Å². The Morgan fingerprint density at radius 3 is 2.14 bits per heavy atom. The van der Waals surface area contributed by atoms with Crippen LogP contribution in [0, 0.1) is 5.41 Å². The van der Waals surface area contributed by atoms with Gasteiger partial charge < -0.3 is 10.4 Å². The number of hydrogen-bond donors (Lipinski definition) is 2. The van der Waals surface area contributed by atoms with Crippen LogP contribution >= 0.6 is 46.4 Å². The maximum absolute atomic E-state index is 12.5. The van der Waals surface area contributed by atoms with Gasteiger partial charge in [-0.3, -0.25) is 14.5 Å². The third-order valence-electron chi connectivity index (χ3n) is 6.88. The van der Waals surface area contributed by atoms with Gasteiger partial charge in [-0.2, -0.15) is 18.3 Å². The summed E-state index contributed by atoms with van der Waals surface area (Å²) in [5.41, 5.74) is -0.756. The zero-order chi connectivity index (χ0) is 32.7. The summed E-state index contributed by atoms with van der Waals surface area (Å²) in [7, 11) is 0. The molecule has 0 radical (unpaired) electrons. The monoisotopic (exact) mass is 689 g/mol. The Balaban J connectivity index is 0.000000241. The summed E-state index contributed by atoms with van der Waals surface area (Å²) in [5.74, 6) is -0.585. The smallest absolute Gasteiger partial charge is 0.387 e. The maximum Gasteiger partial charge on any atom is 0.417 e. The van der Waals surface area contributed by atoms with E-state index in [1.54, 1.807) is 17.1 Å². The third-order valence-corrected chi connectivity index (χ3v) is 8.09. The first-order chi connectivity index (χ1) is 20.5. The van der Waals surface area contributed by atoms with Crippen molar-refractivity contribution in [1.29, 1.82) is 0 Å². The summed E-state index contributed by atoms with van der Waals surface area (Å²) in [5, 5.41) is 18.5. The van der Waals surface area contributed by atoms with Crippen LogP contribution in [-0.2, 0) is 25.7 Å². The van der Waals surface area contributed by atoms with E-state index in [0.717, 1.165) is 17.5 Å². The fourth-order valence-corrected chi connectivity index (χ4v) is 4.92. The first-order valence-electron chi connectivity index (χ1n) is 13.2. The van der Waals surface area contributed by atoms with E-state index in [0.29, 0.717) is 19.2 Å². The number of aliphatic hydroxyl groups is 1. The molecule has 0 spiro atoms. The van der Waals surface area contributed by atoms with E-state index in [-0.39, 0.29) is 38.3 Å². The first-order valence-corrected chi connectivity index (χ1v) is 14.7. The molecule has 2 aromatic carbocycles. The number of aromatic nitrogens is 4. The number of amides is 1. The highest BCUT2D eigenvalue weighted by molar-refractivity contribution is 6.39. The Morgan fingerprint density at radius 2 is 1.61 bits per heavy atom. The molecule has 2 aromatic heterocycles. The van der Waals surface area contributed by atoms with Gasteiger partial charge in [-0.15, -0.1) is 0 Å². The number of carbonyl (C=O) groups is 1. The summed E-state index contributed by atoms with van der Waals surface area (Å²) in [6.07, 6.45) is 0.679. The van der Waals surface area contributed by atoms with Crippen LogP contribution in [0.2, 0.25) is 20.1 Å². The fourth-order valence-electron chi connectivity index (χ4n) is 3.99. The van der Waals surface area contributed by atoms with Crippen molar-refractivity contribution in [2.75, 3.05) is 0 Å². The second kappa shape index (κ2) is 14.9. The van der Waals surface area contributed by atoms with E-state index >= 15 is 0 Å². The lowest BCUT2D eigenvalue weighted by atomic mass is 9.73. The molecule has 44 heavy (non-hydrogen) atoms. The van der Waals surface area contributed by atoms with Crippen LogP contribution in [0.3, 0.4) is 0 Å². The second-order valence-corrected chi connectivity index (χ2v) is 12.6. The van der Waals surface area contributed by atoms with Gasteiger partial charge in [0.2, 0.25) is 0 Å². The normalized spacial score (nSPS) is 13.1. The van der Waals surface area contributed by atoms with Crippen molar-refractivity contribution in [2.45, 2.75) is 58.5 Å². The van der Waals surface area contributed by atoms with Gasteiger partial charge in [-0.1, -0.05) is 85.4 Å². The Labute approximate surface area is 273 Å². The largest absolute Gasteiger partial charge is 0.417 e. The van der Waals surface area contributed by atoms with Crippen LogP contribution in [0.5, 0.6) is 0 Å². The van der Waals surface area contributed by atoms with Gasteiger partial charge in [0.1, 0.15) is 12.7 Å². The summed E-state index contributed by atoms with van der Waals surface area (Å²) in [4.78, 5) is 19.6. The van der Waals surface area contributed by atoms with Gasteiger partial charge in [0.05, 0.1) is 50.6 Å². The van der Waals surface area contributed by atoms with E-state index in [4.69, 9.17) is 46.4 Å². The lowest BCUT2D eigenvalue weighted by Gasteiger charge is -2.40. The van der Waals surface area contributed by atoms with Crippen LogP contribution in [0.1, 0.15) is 54.4 Å². The Hall–Kier alpha value is -2.89. The van der Waals surface area contributed by atoms with E-state index in [1.807, 2.05) is 45.0 Å². The van der Waals surface area contributed by atoms with E-state index in [9.17, 15) is 23.1 Å². The topological polar surface area (TPSA) is 92.9 Å². The van der Waals surface area contributed by atoms with Crippen LogP contribution in [0.15, 0.2) is 67.4 Å². The van der Waals surface area contributed by atoms with Crippen molar-refractivity contribution in [2.24, 2.45) is 5.41 Å². The minimum absolute atomic E-state index is 0.0684. The van der Waals surface area contributed by atoms with E-state index < -0.39 is 23.2 Å². The molecule has 236 valence electrons. The lowest BCUT2D eigenvalue weighted by molar-refractivity contribution is -0.137. The lowest BCUT2D eigenvalue weighted by Crippen LogP contribution is -2.47. The minimum atomic E-state index is -4.54. The van der Waals surface area contributed by atoms with Crippen molar-refractivity contribution < 1.29 is 23.1 Å². The fraction of sp³-hybridized carbons (Fsp3) is 0.333. The molecule has 0 aliphatic heterocycles. The summed E-state index contributed by atoms with van der Waals surface area (Å²) >= 11 is 23.5.